The van der Waals surface area contributed by atoms with E-state index in [1.54, 1.807) is 30.3 Å². The van der Waals surface area contributed by atoms with E-state index in [1.165, 1.54) is 12.3 Å². The molecule has 1 heterocycles. The minimum atomic E-state index is -0.798. The number of benzene rings is 1. The van der Waals surface area contributed by atoms with Crippen molar-refractivity contribution in [1.29, 1.82) is 0 Å². The standard InChI is InChI=1S/C12H9N2O2/c13-14-11-8-10(6-7-16-11)12(15)9-4-2-1-3-5-9/h1-8,11H. The SMILES string of the molecule is [N]=NC1C=C(C(=O)c2ccccc2)C=CO1. The molecule has 0 bridgehead atoms. The van der Waals surface area contributed by atoms with E-state index in [4.69, 9.17) is 10.3 Å². The molecule has 0 aromatic heterocycles. The molecule has 1 aliphatic rings. The predicted molar refractivity (Wildman–Crippen MR) is 57.4 cm³/mol. The highest BCUT2D eigenvalue weighted by Gasteiger charge is 2.15. The summed E-state index contributed by atoms with van der Waals surface area (Å²) in [5.41, 5.74) is 9.62. The van der Waals surface area contributed by atoms with Crippen molar-refractivity contribution < 1.29 is 9.53 Å². The van der Waals surface area contributed by atoms with Crippen LogP contribution in [0.15, 0.2) is 59.4 Å². The Balaban J connectivity index is 2.26. The van der Waals surface area contributed by atoms with Gasteiger partial charge in [-0.1, -0.05) is 30.3 Å². The number of hydrogen-bond donors (Lipinski definition) is 0. The van der Waals surface area contributed by atoms with Crippen molar-refractivity contribution in [2.75, 3.05) is 0 Å². The molecule has 4 nitrogen and oxygen atoms in total. The molecule has 0 aliphatic carbocycles. The summed E-state index contributed by atoms with van der Waals surface area (Å²) in [6.07, 6.45) is 3.57. The van der Waals surface area contributed by atoms with Crippen molar-refractivity contribution >= 4 is 5.78 Å². The molecule has 1 atom stereocenters. The lowest BCUT2D eigenvalue weighted by Gasteiger charge is -2.12. The Hall–Kier alpha value is -2.23. The first-order valence-electron chi connectivity index (χ1n) is 4.79. The predicted octanol–water partition coefficient (Wildman–Crippen LogP) is 1.92. The fraction of sp³-hybridized carbons (Fsp3) is 0.0833. The molecular weight excluding hydrogens is 204 g/mol. The summed E-state index contributed by atoms with van der Waals surface area (Å²) in [5.74, 6) is -0.117. The molecule has 4 heteroatoms. The number of carbonyl (C=O) groups excluding carboxylic acids is 1. The Bertz CT molecular complexity index is 463. The van der Waals surface area contributed by atoms with Crippen molar-refractivity contribution in [3.8, 4) is 0 Å². The van der Waals surface area contributed by atoms with Crippen molar-refractivity contribution in [2.45, 2.75) is 6.23 Å². The topological polar surface area (TPSA) is 61.0 Å². The second-order valence-corrected chi connectivity index (χ2v) is 3.26. The van der Waals surface area contributed by atoms with Gasteiger partial charge in [-0.05, 0) is 17.7 Å². The van der Waals surface area contributed by atoms with E-state index >= 15 is 0 Å². The highest BCUT2D eigenvalue weighted by molar-refractivity contribution is 6.10. The molecule has 2 rings (SSSR count). The van der Waals surface area contributed by atoms with Gasteiger partial charge < -0.3 is 4.74 Å². The summed E-state index contributed by atoms with van der Waals surface area (Å²) in [5, 5.41) is 2.97. The highest BCUT2D eigenvalue weighted by Crippen LogP contribution is 2.15. The van der Waals surface area contributed by atoms with Gasteiger partial charge in [0, 0.05) is 11.1 Å². The number of Topliss-reactive ketones (excluding diaryl/α,β-unsaturated/α-hetero) is 1. The van der Waals surface area contributed by atoms with E-state index in [9.17, 15) is 4.79 Å². The Kier molecular flexibility index (Phi) is 2.91. The molecule has 1 aromatic carbocycles. The average molecular weight is 213 g/mol. The first kappa shape index (κ1) is 10.3. The Labute approximate surface area is 92.7 Å². The molecule has 1 unspecified atom stereocenters. The molecule has 1 aromatic rings. The summed E-state index contributed by atoms with van der Waals surface area (Å²) in [7, 11) is 0. The summed E-state index contributed by atoms with van der Waals surface area (Å²) >= 11 is 0. The third-order valence-electron chi connectivity index (χ3n) is 2.20. The molecular formula is C12H9N2O2. The first-order chi connectivity index (χ1) is 7.81. The minimum absolute atomic E-state index is 0.117. The van der Waals surface area contributed by atoms with Gasteiger partial charge in [0.15, 0.2) is 5.78 Å². The van der Waals surface area contributed by atoms with E-state index in [0.29, 0.717) is 11.1 Å². The summed E-state index contributed by atoms with van der Waals surface area (Å²) < 4.78 is 4.92. The quantitative estimate of drug-likeness (QED) is 0.568. The Morgan fingerprint density at radius 3 is 2.75 bits per heavy atom. The van der Waals surface area contributed by atoms with Crippen molar-refractivity contribution in [3.05, 3.63) is 59.9 Å². The van der Waals surface area contributed by atoms with Gasteiger partial charge in [0.25, 0.3) is 0 Å². The monoisotopic (exact) mass is 213 g/mol. The van der Waals surface area contributed by atoms with Crippen LogP contribution < -0.4 is 5.53 Å². The van der Waals surface area contributed by atoms with Gasteiger partial charge in [0.2, 0.25) is 6.23 Å². The number of ether oxygens (including phenoxy) is 1. The molecule has 79 valence electrons. The van der Waals surface area contributed by atoms with E-state index in [0.717, 1.165) is 0 Å². The maximum atomic E-state index is 12.0. The maximum Gasteiger partial charge on any atom is 0.230 e. The highest BCUT2D eigenvalue weighted by atomic mass is 16.5. The summed E-state index contributed by atoms with van der Waals surface area (Å²) in [6.45, 7) is 0. The molecule has 0 saturated heterocycles. The van der Waals surface area contributed by atoms with Crippen LogP contribution in [0.1, 0.15) is 10.4 Å². The largest absolute Gasteiger partial charge is 0.471 e. The number of rotatable bonds is 3. The molecule has 0 saturated carbocycles. The van der Waals surface area contributed by atoms with E-state index < -0.39 is 6.23 Å². The normalized spacial score (nSPS) is 18.5. The number of ketones is 1. The van der Waals surface area contributed by atoms with Crippen LogP contribution in [0.3, 0.4) is 0 Å². The van der Waals surface area contributed by atoms with Crippen LogP contribution in [0, 0.1) is 0 Å². The van der Waals surface area contributed by atoms with Gasteiger partial charge in [-0.3, -0.25) is 4.79 Å². The smallest absolute Gasteiger partial charge is 0.230 e. The van der Waals surface area contributed by atoms with Gasteiger partial charge in [0.1, 0.15) is 0 Å². The third kappa shape index (κ3) is 2.06. The molecule has 0 spiro atoms. The van der Waals surface area contributed by atoms with Crippen molar-refractivity contribution in [2.24, 2.45) is 5.11 Å². The number of nitrogens with zero attached hydrogens (tertiary/aromatic N) is 2. The van der Waals surface area contributed by atoms with Gasteiger partial charge >= 0.3 is 0 Å². The van der Waals surface area contributed by atoms with Crippen LogP contribution in [0.5, 0.6) is 0 Å². The Morgan fingerprint density at radius 2 is 2.06 bits per heavy atom. The summed E-state index contributed by atoms with van der Waals surface area (Å²) in [4.78, 5) is 12.0. The number of allylic oxidation sites excluding steroid dienone is 2. The minimum Gasteiger partial charge on any atom is -0.471 e. The second kappa shape index (κ2) is 4.53. The van der Waals surface area contributed by atoms with Gasteiger partial charge in [-0.2, -0.15) is 0 Å². The molecule has 16 heavy (non-hydrogen) atoms. The molecule has 1 aliphatic heterocycles. The molecule has 0 fully saturated rings. The second-order valence-electron chi connectivity index (χ2n) is 3.26. The zero-order valence-corrected chi connectivity index (χ0v) is 8.41. The lowest BCUT2D eigenvalue weighted by atomic mass is 10.0. The van der Waals surface area contributed by atoms with Crippen LogP contribution in [-0.4, -0.2) is 12.0 Å². The first-order valence-corrected chi connectivity index (χ1v) is 4.79. The van der Waals surface area contributed by atoms with Crippen molar-refractivity contribution in [1.82, 2.24) is 5.53 Å². The third-order valence-corrected chi connectivity index (χ3v) is 2.20. The van der Waals surface area contributed by atoms with Crippen LogP contribution >= 0.6 is 0 Å². The zero-order chi connectivity index (χ0) is 11.4. The van der Waals surface area contributed by atoms with Crippen LogP contribution in [0.2, 0.25) is 0 Å². The maximum absolute atomic E-state index is 12.0. The number of hydrogen-bond acceptors (Lipinski definition) is 3. The average Bonchev–Trinajstić information content (AvgIpc) is 2.39. The molecule has 0 amide bonds. The Morgan fingerprint density at radius 1 is 1.31 bits per heavy atom. The lowest BCUT2D eigenvalue weighted by molar-refractivity contribution is 0.102. The van der Waals surface area contributed by atoms with Gasteiger partial charge in [-0.25, -0.2) is 0 Å². The fourth-order valence-electron chi connectivity index (χ4n) is 1.41. The zero-order valence-electron chi connectivity index (χ0n) is 8.41. The fourth-order valence-corrected chi connectivity index (χ4v) is 1.41. The molecule has 0 N–H and O–H groups in total. The van der Waals surface area contributed by atoms with E-state index in [2.05, 4.69) is 5.11 Å². The molecule has 1 radical (unpaired) electrons. The van der Waals surface area contributed by atoms with Crippen LogP contribution in [0.4, 0.5) is 0 Å². The van der Waals surface area contributed by atoms with Gasteiger partial charge in [-0.15, -0.1) is 5.11 Å². The number of carbonyl (C=O) groups is 1. The van der Waals surface area contributed by atoms with Crippen LogP contribution in [0.25, 0.3) is 0 Å². The lowest BCUT2D eigenvalue weighted by Crippen LogP contribution is -2.11. The van der Waals surface area contributed by atoms with E-state index in [-0.39, 0.29) is 5.78 Å². The van der Waals surface area contributed by atoms with Gasteiger partial charge in [0.05, 0.1) is 6.26 Å². The van der Waals surface area contributed by atoms with E-state index in [1.807, 2.05) is 6.07 Å². The summed E-state index contributed by atoms with van der Waals surface area (Å²) in [6, 6.07) is 8.90. The van der Waals surface area contributed by atoms with Crippen molar-refractivity contribution in [3.63, 3.8) is 0 Å². The van der Waals surface area contributed by atoms with Crippen LogP contribution in [-0.2, 0) is 4.74 Å².